The van der Waals surface area contributed by atoms with Gasteiger partial charge in [-0.3, -0.25) is 9.69 Å². The molecule has 0 saturated carbocycles. The first-order valence-corrected chi connectivity index (χ1v) is 8.07. The quantitative estimate of drug-likeness (QED) is 0.916. The second-order valence-electron chi connectivity index (χ2n) is 5.87. The van der Waals surface area contributed by atoms with Crippen LogP contribution < -0.4 is 5.32 Å². The molecule has 2 aliphatic rings. The first-order valence-electron chi connectivity index (χ1n) is 7.69. The topological polar surface area (TPSA) is 35.6 Å². The van der Waals surface area contributed by atoms with Crippen LogP contribution in [0, 0.1) is 0 Å². The Kier molecular flexibility index (Phi) is 4.78. The van der Waals surface area contributed by atoms with Crippen LogP contribution in [0.2, 0.25) is 5.02 Å². The zero-order chi connectivity index (χ0) is 14.7. The van der Waals surface area contributed by atoms with Gasteiger partial charge in [0, 0.05) is 50.3 Å². The van der Waals surface area contributed by atoms with Crippen LogP contribution in [0.3, 0.4) is 0 Å². The summed E-state index contributed by atoms with van der Waals surface area (Å²) in [6.45, 7) is 6.08. The molecule has 0 aromatic heterocycles. The molecule has 1 aromatic carbocycles. The van der Waals surface area contributed by atoms with E-state index in [1.807, 2.05) is 29.2 Å². The van der Waals surface area contributed by atoms with E-state index in [9.17, 15) is 4.79 Å². The van der Waals surface area contributed by atoms with Crippen LogP contribution in [0.15, 0.2) is 24.3 Å². The molecule has 4 nitrogen and oxygen atoms in total. The molecule has 5 heteroatoms. The maximum absolute atomic E-state index is 12.4. The van der Waals surface area contributed by atoms with Crippen LogP contribution in [0.1, 0.15) is 12.0 Å². The number of hydrogen-bond acceptors (Lipinski definition) is 3. The van der Waals surface area contributed by atoms with Crippen molar-refractivity contribution >= 4 is 17.5 Å². The molecule has 1 amide bonds. The van der Waals surface area contributed by atoms with Crippen molar-refractivity contribution in [3.8, 4) is 0 Å². The van der Waals surface area contributed by atoms with Crippen molar-refractivity contribution in [3.63, 3.8) is 0 Å². The number of nitrogens with zero attached hydrogens (tertiary/aromatic N) is 2. The molecule has 2 heterocycles. The molecule has 2 aliphatic heterocycles. The number of piperazine rings is 1. The zero-order valence-corrected chi connectivity index (χ0v) is 13.0. The fourth-order valence-electron chi connectivity index (χ4n) is 3.25. The molecule has 0 bridgehead atoms. The first-order chi connectivity index (χ1) is 10.2. The summed E-state index contributed by atoms with van der Waals surface area (Å²) in [6.07, 6.45) is 1.55. The molecule has 2 fully saturated rings. The van der Waals surface area contributed by atoms with Gasteiger partial charge in [0.25, 0.3) is 0 Å². The highest BCUT2D eigenvalue weighted by Gasteiger charge is 2.30. The highest BCUT2D eigenvalue weighted by atomic mass is 35.5. The smallest absolute Gasteiger partial charge is 0.227 e. The van der Waals surface area contributed by atoms with Gasteiger partial charge in [-0.2, -0.15) is 0 Å². The molecule has 2 saturated heterocycles. The predicted molar refractivity (Wildman–Crippen MR) is 84.6 cm³/mol. The molecule has 1 unspecified atom stereocenters. The maximum Gasteiger partial charge on any atom is 0.227 e. The highest BCUT2D eigenvalue weighted by Crippen LogP contribution is 2.18. The second kappa shape index (κ2) is 6.77. The second-order valence-corrected chi connectivity index (χ2v) is 6.31. The molecule has 1 atom stereocenters. The summed E-state index contributed by atoms with van der Waals surface area (Å²) in [4.78, 5) is 16.9. The summed E-state index contributed by atoms with van der Waals surface area (Å²) in [5.41, 5.74) is 0.998. The SMILES string of the molecule is O=C(Cc1cccc(Cl)c1)N1CCC(N2CCNCC2)C1. The maximum atomic E-state index is 12.4. The average Bonchev–Trinajstić information content (AvgIpc) is 2.98. The van der Waals surface area contributed by atoms with E-state index in [4.69, 9.17) is 11.6 Å². The normalized spacial score (nSPS) is 23.5. The van der Waals surface area contributed by atoms with Crippen LogP contribution in [-0.2, 0) is 11.2 Å². The van der Waals surface area contributed by atoms with E-state index < -0.39 is 0 Å². The summed E-state index contributed by atoms with van der Waals surface area (Å²) in [5.74, 6) is 0.218. The Morgan fingerprint density at radius 3 is 2.86 bits per heavy atom. The third-order valence-electron chi connectivity index (χ3n) is 4.43. The third kappa shape index (κ3) is 3.76. The molecular formula is C16H22ClN3O. The van der Waals surface area contributed by atoms with Crippen molar-refractivity contribution in [2.45, 2.75) is 18.9 Å². The summed E-state index contributed by atoms with van der Waals surface area (Å²) < 4.78 is 0. The van der Waals surface area contributed by atoms with Crippen molar-refractivity contribution in [2.75, 3.05) is 39.3 Å². The monoisotopic (exact) mass is 307 g/mol. The van der Waals surface area contributed by atoms with Crippen molar-refractivity contribution in [1.29, 1.82) is 0 Å². The van der Waals surface area contributed by atoms with Gasteiger partial charge < -0.3 is 10.2 Å². The van der Waals surface area contributed by atoms with Gasteiger partial charge in [-0.25, -0.2) is 0 Å². The number of carbonyl (C=O) groups is 1. The zero-order valence-electron chi connectivity index (χ0n) is 12.2. The fourth-order valence-corrected chi connectivity index (χ4v) is 3.46. The van der Waals surface area contributed by atoms with E-state index in [1.54, 1.807) is 0 Å². The van der Waals surface area contributed by atoms with Crippen LogP contribution in [0.25, 0.3) is 0 Å². The van der Waals surface area contributed by atoms with Gasteiger partial charge in [0.2, 0.25) is 5.91 Å². The predicted octanol–water partition coefficient (Wildman–Crippen LogP) is 1.39. The summed E-state index contributed by atoms with van der Waals surface area (Å²) >= 11 is 5.98. The number of likely N-dealkylation sites (tertiary alicyclic amines) is 1. The van der Waals surface area contributed by atoms with E-state index in [2.05, 4.69) is 10.2 Å². The number of hydrogen-bond donors (Lipinski definition) is 1. The van der Waals surface area contributed by atoms with Crippen LogP contribution in [0.5, 0.6) is 0 Å². The minimum atomic E-state index is 0.218. The fraction of sp³-hybridized carbons (Fsp3) is 0.562. The third-order valence-corrected chi connectivity index (χ3v) is 4.66. The summed E-state index contributed by atoms with van der Waals surface area (Å²) in [7, 11) is 0. The Bertz CT molecular complexity index is 502. The van der Waals surface area contributed by atoms with Crippen molar-refractivity contribution in [2.24, 2.45) is 0 Å². The van der Waals surface area contributed by atoms with Gasteiger partial charge in [-0.15, -0.1) is 0 Å². The minimum absolute atomic E-state index is 0.218. The van der Waals surface area contributed by atoms with Crippen LogP contribution >= 0.6 is 11.6 Å². The lowest BCUT2D eigenvalue weighted by Gasteiger charge is -2.32. The molecule has 114 valence electrons. The van der Waals surface area contributed by atoms with Crippen molar-refractivity contribution in [3.05, 3.63) is 34.9 Å². The molecule has 0 radical (unpaired) electrons. The minimum Gasteiger partial charge on any atom is -0.341 e. The summed E-state index contributed by atoms with van der Waals surface area (Å²) in [5, 5.41) is 4.07. The van der Waals surface area contributed by atoms with Gasteiger partial charge >= 0.3 is 0 Å². The van der Waals surface area contributed by atoms with E-state index in [0.29, 0.717) is 17.5 Å². The van der Waals surface area contributed by atoms with E-state index in [-0.39, 0.29) is 5.91 Å². The molecule has 0 spiro atoms. The molecule has 3 rings (SSSR count). The number of rotatable bonds is 3. The van der Waals surface area contributed by atoms with Crippen molar-refractivity contribution < 1.29 is 4.79 Å². The first kappa shape index (κ1) is 14.8. The van der Waals surface area contributed by atoms with Gasteiger partial charge in [0.1, 0.15) is 0 Å². The van der Waals surface area contributed by atoms with Gasteiger partial charge in [0.05, 0.1) is 6.42 Å². The van der Waals surface area contributed by atoms with Gasteiger partial charge in [-0.05, 0) is 24.1 Å². The molecule has 21 heavy (non-hydrogen) atoms. The Labute approximate surface area is 131 Å². The molecule has 1 N–H and O–H groups in total. The number of carbonyl (C=O) groups excluding carboxylic acids is 1. The summed E-state index contributed by atoms with van der Waals surface area (Å²) in [6, 6.07) is 8.12. The Hall–Kier alpha value is -1.10. The number of amides is 1. The van der Waals surface area contributed by atoms with E-state index in [1.165, 1.54) is 0 Å². The van der Waals surface area contributed by atoms with Crippen LogP contribution in [0.4, 0.5) is 0 Å². The number of nitrogens with one attached hydrogen (secondary N) is 1. The number of halogens is 1. The Morgan fingerprint density at radius 2 is 2.10 bits per heavy atom. The molecule has 1 aromatic rings. The molecule has 0 aliphatic carbocycles. The Morgan fingerprint density at radius 1 is 1.29 bits per heavy atom. The Balaban J connectivity index is 1.54. The lowest BCUT2D eigenvalue weighted by atomic mass is 10.1. The van der Waals surface area contributed by atoms with E-state index in [0.717, 1.165) is 51.3 Å². The standard InChI is InChI=1S/C16H22ClN3O/c17-14-3-1-2-13(10-14)11-16(21)20-7-4-15(12-20)19-8-5-18-6-9-19/h1-3,10,15,18H,4-9,11-12H2. The van der Waals surface area contributed by atoms with E-state index >= 15 is 0 Å². The van der Waals surface area contributed by atoms with Crippen molar-refractivity contribution in [1.82, 2.24) is 15.1 Å². The van der Waals surface area contributed by atoms with Gasteiger partial charge in [0.15, 0.2) is 0 Å². The lowest BCUT2D eigenvalue weighted by molar-refractivity contribution is -0.129. The lowest BCUT2D eigenvalue weighted by Crippen LogP contribution is -2.49. The molecular weight excluding hydrogens is 286 g/mol. The van der Waals surface area contributed by atoms with Crippen LogP contribution in [-0.4, -0.2) is 61.0 Å². The average molecular weight is 308 g/mol. The highest BCUT2D eigenvalue weighted by molar-refractivity contribution is 6.30. The largest absolute Gasteiger partial charge is 0.341 e. The van der Waals surface area contributed by atoms with Gasteiger partial charge in [-0.1, -0.05) is 23.7 Å². The number of benzene rings is 1.